The van der Waals surface area contributed by atoms with Crippen LogP contribution in [0.5, 0.6) is 11.5 Å². The third kappa shape index (κ3) is 2.49. The zero-order chi connectivity index (χ0) is 13.9. The predicted molar refractivity (Wildman–Crippen MR) is 79.2 cm³/mol. The summed E-state index contributed by atoms with van der Waals surface area (Å²) in [5, 5.41) is 3.40. The molecule has 0 saturated heterocycles. The predicted octanol–water partition coefficient (Wildman–Crippen LogP) is 3.23. The number of benzene rings is 2. The minimum absolute atomic E-state index is 0.302. The van der Waals surface area contributed by atoms with Crippen LogP contribution in [0, 0.1) is 6.92 Å². The van der Waals surface area contributed by atoms with Gasteiger partial charge in [0.1, 0.15) is 0 Å². The van der Waals surface area contributed by atoms with Crippen LogP contribution in [0.1, 0.15) is 22.7 Å². The minimum Gasteiger partial charge on any atom is -0.454 e. The fourth-order valence-corrected chi connectivity index (χ4v) is 2.65. The molecule has 0 spiro atoms. The van der Waals surface area contributed by atoms with Gasteiger partial charge in [-0.1, -0.05) is 30.3 Å². The topological polar surface area (TPSA) is 30.5 Å². The average Bonchev–Trinajstić information content (AvgIpc) is 2.93. The van der Waals surface area contributed by atoms with E-state index in [0.29, 0.717) is 12.8 Å². The molecule has 20 heavy (non-hydrogen) atoms. The van der Waals surface area contributed by atoms with Gasteiger partial charge in [-0.05, 0) is 49.2 Å². The van der Waals surface area contributed by atoms with Gasteiger partial charge in [0.2, 0.25) is 6.79 Å². The second kappa shape index (κ2) is 5.55. The second-order valence-corrected chi connectivity index (χ2v) is 5.09. The Morgan fingerprint density at radius 3 is 2.70 bits per heavy atom. The molecule has 104 valence electrons. The lowest BCUT2D eigenvalue weighted by Crippen LogP contribution is -2.19. The highest BCUT2D eigenvalue weighted by Gasteiger charge is 2.16. The summed E-state index contributed by atoms with van der Waals surface area (Å²) < 4.78 is 10.8. The van der Waals surface area contributed by atoms with Crippen LogP contribution in [-0.2, 0) is 6.42 Å². The second-order valence-electron chi connectivity index (χ2n) is 5.09. The van der Waals surface area contributed by atoms with E-state index in [1.807, 2.05) is 13.1 Å². The highest BCUT2D eigenvalue weighted by molar-refractivity contribution is 5.45. The Labute approximate surface area is 119 Å². The summed E-state index contributed by atoms with van der Waals surface area (Å²) >= 11 is 0. The first-order valence-electron chi connectivity index (χ1n) is 6.89. The summed E-state index contributed by atoms with van der Waals surface area (Å²) in [6.07, 6.45) is 0.929. The third-order valence-corrected chi connectivity index (χ3v) is 3.79. The number of hydrogen-bond donors (Lipinski definition) is 1. The monoisotopic (exact) mass is 269 g/mol. The Kier molecular flexibility index (Phi) is 3.61. The van der Waals surface area contributed by atoms with Crippen molar-refractivity contribution in [3.63, 3.8) is 0 Å². The van der Waals surface area contributed by atoms with Gasteiger partial charge in [0.25, 0.3) is 0 Å². The van der Waals surface area contributed by atoms with Crippen molar-refractivity contribution in [1.82, 2.24) is 5.32 Å². The maximum Gasteiger partial charge on any atom is 0.231 e. The van der Waals surface area contributed by atoms with Gasteiger partial charge in [-0.2, -0.15) is 0 Å². The van der Waals surface area contributed by atoms with E-state index in [1.165, 1.54) is 16.7 Å². The first-order chi connectivity index (χ1) is 9.78. The SMILES string of the molecule is CNC(Cc1ccc2c(c1)OCO2)c1ccccc1C. The van der Waals surface area contributed by atoms with Crippen molar-refractivity contribution < 1.29 is 9.47 Å². The Hall–Kier alpha value is -2.00. The van der Waals surface area contributed by atoms with Gasteiger partial charge in [-0.25, -0.2) is 0 Å². The summed E-state index contributed by atoms with van der Waals surface area (Å²) in [4.78, 5) is 0. The Morgan fingerprint density at radius 1 is 1.10 bits per heavy atom. The minimum atomic E-state index is 0.302. The van der Waals surface area contributed by atoms with Crippen LogP contribution >= 0.6 is 0 Å². The van der Waals surface area contributed by atoms with Crippen molar-refractivity contribution >= 4 is 0 Å². The van der Waals surface area contributed by atoms with Crippen molar-refractivity contribution in [3.8, 4) is 11.5 Å². The number of rotatable bonds is 4. The fraction of sp³-hybridized carbons (Fsp3) is 0.294. The zero-order valence-electron chi connectivity index (χ0n) is 11.8. The van der Waals surface area contributed by atoms with Gasteiger partial charge in [0.15, 0.2) is 11.5 Å². The maximum atomic E-state index is 5.44. The molecule has 0 fully saturated rings. The number of aryl methyl sites for hydroxylation is 1. The van der Waals surface area contributed by atoms with Crippen LogP contribution in [0.2, 0.25) is 0 Å². The van der Waals surface area contributed by atoms with Gasteiger partial charge >= 0.3 is 0 Å². The molecule has 3 nitrogen and oxygen atoms in total. The van der Waals surface area contributed by atoms with E-state index in [2.05, 4.69) is 48.6 Å². The third-order valence-electron chi connectivity index (χ3n) is 3.79. The molecular formula is C17H19NO2. The molecule has 0 bridgehead atoms. The van der Waals surface area contributed by atoms with E-state index >= 15 is 0 Å². The molecule has 0 aromatic heterocycles. The molecule has 2 aromatic rings. The average molecular weight is 269 g/mol. The number of ether oxygens (including phenoxy) is 2. The van der Waals surface area contributed by atoms with Crippen molar-refractivity contribution in [1.29, 1.82) is 0 Å². The van der Waals surface area contributed by atoms with Crippen LogP contribution in [0.4, 0.5) is 0 Å². The Balaban J connectivity index is 1.83. The first-order valence-corrected chi connectivity index (χ1v) is 6.89. The summed E-state index contributed by atoms with van der Waals surface area (Å²) in [7, 11) is 2.00. The van der Waals surface area contributed by atoms with Crippen LogP contribution in [0.25, 0.3) is 0 Å². The van der Waals surface area contributed by atoms with Crippen LogP contribution in [0.15, 0.2) is 42.5 Å². The Morgan fingerprint density at radius 2 is 1.90 bits per heavy atom. The number of fused-ring (bicyclic) bond motifs is 1. The van der Waals surface area contributed by atoms with Gasteiger partial charge in [-0.3, -0.25) is 0 Å². The van der Waals surface area contributed by atoms with E-state index in [-0.39, 0.29) is 0 Å². The van der Waals surface area contributed by atoms with Crippen molar-refractivity contribution in [2.75, 3.05) is 13.8 Å². The number of hydrogen-bond acceptors (Lipinski definition) is 3. The highest BCUT2D eigenvalue weighted by atomic mass is 16.7. The molecule has 3 rings (SSSR count). The van der Waals surface area contributed by atoms with E-state index in [0.717, 1.165) is 17.9 Å². The molecular weight excluding hydrogens is 250 g/mol. The van der Waals surface area contributed by atoms with E-state index in [9.17, 15) is 0 Å². The first kappa shape index (κ1) is 13.0. The van der Waals surface area contributed by atoms with Gasteiger partial charge in [-0.15, -0.1) is 0 Å². The molecule has 1 unspecified atom stereocenters. The molecule has 0 amide bonds. The van der Waals surface area contributed by atoms with Crippen molar-refractivity contribution in [2.24, 2.45) is 0 Å². The normalized spacial score (nSPS) is 14.3. The molecule has 1 heterocycles. The quantitative estimate of drug-likeness (QED) is 0.924. The lowest BCUT2D eigenvalue weighted by atomic mass is 9.95. The molecule has 1 atom stereocenters. The lowest BCUT2D eigenvalue weighted by molar-refractivity contribution is 0.174. The molecule has 1 aliphatic rings. The molecule has 0 radical (unpaired) electrons. The maximum absolute atomic E-state index is 5.44. The van der Waals surface area contributed by atoms with Crippen LogP contribution in [0.3, 0.4) is 0 Å². The molecule has 1 aliphatic heterocycles. The molecule has 3 heteroatoms. The molecule has 1 N–H and O–H groups in total. The van der Waals surface area contributed by atoms with Gasteiger partial charge < -0.3 is 14.8 Å². The fourth-order valence-electron chi connectivity index (χ4n) is 2.65. The number of nitrogens with one attached hydrogen (secondary N) is 1. The molecule has 0 aliphatic carbocycles. The van der Waals surface area contributed by atoms with E-state index in [4.69, 9.17) is 9.47 Å². The highest BCUT2D eigenvalue weighted by Crippen LogP contribution is 2.33. The summed E-state index contributed by atoms with van der Waals surface area (Å²) in [6.45, 7) is 2.48. The summed E-state index contributed by atoms with van der Waals surface area (Å²) in [6, 6.07) is 15.0. The van der Waals surface area contributed by atoms with E-state index < -0.39 is 0 Å². The van der Waals surface area contributed by atoms with Crippen LogP contribution < -0.4 is 14.8 Å². The lowest BCUT2D eigenvalue weighted by Gasteiger charge is -2.19. The molecule has 0 saturated carbocycles. The van der Waals surface area contributed by atoms with Crippen LogP contribution in [-0.4, -0.2) is 13.8 Å². The Bertz CT molecular complexity index is 610. The molecule has 2 aromatic carbocycles. The standard InChI is InChI=1S/C17H19NO2/c1-12-5-3-4-6-14(12)15(18-2)9-13-7-8-16-17(10-13)20-11-19-16/h3-8,10,15,18H,9,11H2,1-2H3. The van der Waals surface area contributed by atoms with Crippen molar-refractivity contribution in [3.05, 3.63) is 59.2 Å². The van der Waals surface area contributed by atoms with Gasteiger partial charge in [0, 0.05) is 6.04 Å². The summed E-state index contributed by atoms with van der Waals surface area (Å²) in [5.74, 6) is 1.69. The summed E-state index contributed by atoms with van der Waals surface area (Å²) in [5.41, 5.74) is 3.90. The van der Waals surface area contributed by atoms with E-state index in [1.54, 1.807) is 0 Å². The zero-order valence-corrected chi connectivity index (χ0v) is 11.8. The number of likely N-dealkylation sites (N-methyl/N-ethyl adjacent to an activating group) is 1. The largest absolute Gasteiger partial charge is 0.454 e. The van der Waals surface area contributed by atoms with Gasteiger partial charge in [0.05, 0.1) is 0 Å². The van der Waals surface area contributed by atoms with Crippen molar-refractivity contribution in [2.45, 2.75) is 19.4 Å². The smallest absolute Gasteiger partial charge is 0.231 e.